The van der Waals surface area contributed by atoms with Gasteiger partial charge in [-0.2, -0.15) is 0 Å². The Morgan fingerprint density at radius 3 is 2.90 bits per heavy atom. The van der Waals surface area contributed by atoms with Gasteiger partial charge >= 0.3 is 5.69 Å². The first-order valence-electron chi connectivity index (χ1n) is 8.65. The Hall–Kier alpha value is -3.40. The Morgan fingerprint density at radius 1 is 1.31 bits per heavy atom. The van der Waals surface area contributed by atoms with Crippen molar-refractivity contribution < 1.29 is 18.1 Å². The lowest BCUT2D eigenvalue weighted by molar-refractivity contribution is 0.174. The minimum atomic E-state index is -3.17. The number of nitrogens with zero attached hydrogens (tertiary/aromatic N) is 2. The first-order valence-corrected chi connectivity index (χ1v) is 10.6. The summed E-state index contributed by atoms with van der Waals surface area (Å²) in [5, 5.41) is 0.699. The van der Waals surface area contributed by atoms with Gasteiger partial charge in [0.25, 0.3) is 0 Å². The van der Waals surface area contributed by atoms with E-state index in [0.717, 1.165) is 0 Å². The van der Waals surface area contributed by atoms with Crippen LogP contribution in [0, 0.1) is 10.6 Å². The number of aromatic amines is 1. The summed E-state index contributed by atoms with van der Waals surface area (Å²) >= 11 is 0. The lowest BCUT2D eigenvalue weighted by atomic mass is 10.1. The predicted octanol–water partition coefficient (Wildman–Crippen LogP) is 2.83. The summed E-state index contributed by atoms with van der Waals surface area (Å²) in [5.74, 6) is 0.380. The Bertz CT molecular complexity index is 1470. The van der Waals surface area contributed by atoms with Crippen LogP contribution in [0.2, 0.25) is 0 Å². The molecule has 4 aromatic rings. The zero-order valence-corrected chi connectivity index (χ0v) is 16.0. The van der Waals surface area contributed by atoms with E-state index in [-0.39, 0.29) is 23.9 Å². The molecule has 1 aliphatic rings. The average molecular weight is 414 g/mol. The summed E-state index contributed by atoms with van der Waals surface area (Å²) in [6.45, 7) is 0.197. The Morgan fingerprint density at radius 2 is 2.14 bits per heavy atom. The second-order valence-corrected chi connectivity index (χ2v) is 8.97. The fourth-order valence-electron chi connectivity index (χ4n) is 3.57. The topological polar surface area (TPSA) is 110 Å². The molecular weight excluding hydrogens is 399 g/mol. The summed E-state index contributed by atoms with van der Waals surface area (Å²) in [5.41, 5.74) is 1.87. The van der Waals surface area contributed by atoms with Gasteiger partial charge in [0.1, 0.15) is 11.3 Å². The second kappa shape index (κ2) is 6.05. The van der Waals surface area contributed by atoms with Crippen LogP contribution in [-0.2, 0) is 16.3 Å². The third-order valence-corrected chi connectivity index (χ3v) is 6.03. The molecule has 2 aromatic heterocycles. The predicted molar refractivity (Wildman–Crippen MR) is 105 cm³/mol. The third-order valence-electron chi connectivity index (χ3n) is 4.86. The molecule has 1 atom stereocenters. The molecule has 0 aliphatic carbocycles. The van der Waals surface area contributed by atoms with Crippen LogP contribution in [0.5, 0.6) is 11.5 Å². The van der Waals surface area contributed by atoms with Gasteiger partial charge in [-0.25, -0.2) is 23.2 Å². The number of benzene rings is 2. The average Bonchev–Trinajstić information content (AvgIpc) is 3.25. The van der Waals surface area contributed by atoms with Gasteiger partial charge in [-0.1, -0.05) is 6.07 Å². The standard InChI is InChI=1S/C19H15FN4O4S/c1-29(21,26)15-5-2-10(6-12(15)20)8-24-17-11-3-4-14-18(28-9-27-14)16(11)22-7-13(17)23-19(24)25/h2-7,21H,8-9H2,1H3,(H,23,25). The summed E-state index contributed by atoms with van der Waals surface area (Å²) in [6, 6.07) is 7.67. The molecule has 148 valence electrons. The second-order valence-electron chi connectivity index (χ2n) is 6.84. The van der Waals surface area contributed by atoms with Crippen LogP contribution in [0.4, 0.5) is 4.39 Å². The number of halogens is 1. The molecule has 2 N–H and O–H groups in total. The lowest BCUT2D eigenvalue weighted by Gasteiger charge is -2.09. The maximum absolute atomic E-state index is 14.4. The van der Waals surface area contributed by atoms with E-state index >= 15 is 0 Å². The highest BCUT2D eigenvalue weighted by Crippen LogP contribution is 2.39. The molecule has 1 unspecified atom stereocenters. The number of fused-ring (bicyclic) bond motifs is 5. The number of nitrogens with one attached hydrogen (secondary N) is 2. The Balaban J connectivity index is 1.68. The van der Waals surface area contributed by atoms with E-state index in [2.05, 4.69) is 9.97 Å². The molecule has 1 aliphatic heterocycles. The van der Waals surface area contributed by atoms with Crippen LogP contribution < -0.4 is 15.2 Å². The summed E-state index contributed by atoms with van der Waals surface area (Å²) in [7, 11) is -3.17. The number of ether oxygens (including phenoxy) is 2. The fourth-order valence-corrected chi connectivity index (χ4v) is 4.33. The molecule has 0 saturated heterocycles. The first kappa shape index (κ1) is 17.7. The van der Waals surface area contributed by atoms with E-state index in [4.69, 9.17) is 14.3 Å². The minimum Gasteiger partial charge on any atom is -0.454 e. The van der Waals surface area contributed by atoms with Gasteiger partial charge in [0.05, 0.1) is 38.4 Å². The smallest absolute Gasteiger partial charge is 0.326 e. The Kier molecular flexibility index (Phi) is 3.69. The van der Waals surface area contributed by atoms with E-state index in [1.165, 1.54) is 23.0 Å². The number of pyridine rings is 1. The number of rotatable bonds is 3. The van der Waals surface area contributed by atoms with Crippen molar-refractivity contribution in [2.45, 2.75) is 11.4 Å². The van der Waals surface area contributed by atoms with Crippen molar-refractivity contribution in [3.8, 4) is 11.5 Å². The monoisotopic (exact) mass is 414 g/mol. The van der Waals surface area contributed by atoms with Crippen LogP contribution >= 0.6 is 0 Å². The SMILES string of the molecule is CS(=N)(=O)c1ccc(Cn2c(=O)[nH]c3cnc4c5c(ccc4c32)OCO5)cc1F. The summed E-state index contributed by atoms with van der Waals surface area (Å²) < 4.78 is 46.2. The van der Waals surface area contributed by atoms with Gasteiger partial charge in [-0.3, -0.25) is 4.57 Å². The molecule has 0 radical (unpaired) electrons. The number of hydrogen-bond acceptors (Lipinski definition) is 6. The van der Waals surface area contributed by atoms with E-state index in [1.807, 2.05) is 0 Å². The molecule has 2 aromatic carbocycles. The first-order chi connectivity index (χ1) is 13.8. The quantitative estimate of drug-likeness (QED) is 0.536. The van der Waals surface area contributed by atoms with Gasteiger partial charge in [-0.15, -0.1) is 0 Å². The van der Waals surface area contributed by atoms with Crippen molar-refractivity contribution in [1.29, 1.82) is 4.78 Å². The van der Waals surface area contributed by atoms with Crippen LogP contribution in [0.25, 0.3) is 21.9 Å². The van der Waals surface area contributed by atoms with Crippen LogP contribution in [0.15, 0.2) is 46.2 Å². The number of hydrogen-bond donors (Lipinski definition) is 2. The fraction of sp³-hybridized carbons (Fsp3) is 0.158. The van der Waals surface area contributed by atoms with Gasteiger partial charge in [0.2, 0.25) is 6.79 Å². The normalized spacial score (nSPS) is 15.1. The van der Waals surface area contributed by atoms with Gasteiger partial charge in [0.15, 0.2) is 11.5 Å². The van der Waals surface area contributed by atoms with Crippen LogP contribution in [0.3, 0.4) is 0 Å². The van der Waals surface area contributed by atoms with Crippen LogP contribution in [-0.4, -0.2) is 31.8 Å². The molecule has 10 heteroatoms. The van der Waals surface area contributed by atoms with Gasteiger partial charge < -0.3 is 14.5 Å². The van der Waals surface area contributed by atoms with Crippen molar-refractivity contribution >= 4 is 31.7 Å². The number of aromatic nitrogens is 3. The Labute approximate surface area is 163 Å². The largest absolute Gasteiger partial charge is 0.454 e. The molecule has 0 bridgehead atoms. The molecule has 0 amide bonds. The molecule has 0 spiro atoms. The van der Waals surface area contributed by atoms with Gasteiger partial charge in [-0.05, 0) is 29.8 Å². The van der Waals surface area contributed by atoms with E-state index in [0.29, 0.717) is 39.0 Å². The van der Waals surface area contributed by atoms with E-state index in [9.17, 15) is 13.4 Å². The molecule has 29 heavy (non-hydrogen) atoms. The molecule has 0 fully saturated rings. The van der Waals surface area contributed by atoms with Crippen LogP contribution in [0.1, 0.15) is 5.56 Å². The summed E-state index contributed by atoms with van der Waals surface area (Å²) in [4.78, 5) is 19.6. The third kappa shape index (κ3) is 2.75. The van der Waals surface area contributed by atoms with Crippen molar-refractivity contribution in [3.63, 3.8) is 0 Å². The maximum Gasteiger partial charge on any atom is 0.326 e. The van der Waals surface area contributed by atoms with Crippen molar-refractivity contribution in [3.05, 3.63) is 58.4 Å². The highest BCUT2D eigenvalue weighted by atomic mass is 32.2. The molecule has 3 heterocycles. The highest BCUT2D eigenvalue weighted by Gasteiger charge is 2.21. The molecular formula is C19H15FN4O4S. The van der Waals surface area contributed by atoms with Gasteiger partial charge in [0, 0.05) is 11.6 Å². The van der Waals surface area contributed by atoms with Crippen molar-refractivity contribution in [1.82, 2.24) is 14.5 Å². The molecule has 5 rings (SSSR count). The van der Waals surface area contributed by atoms with Crippen molar-refractivity contribution in [2.75, 3.05) is 13.0 Å². The van der Waals surface area contributed by atoms with E-state index in [1.54, 1.807) is 24.4 Å². The van der Waals surface area contributed by atoms with E-state index < -0.39 is 15.5 Å². The zero-order valence-electron chi connectivity index (χ0n) is 15.2. The molecule has 0 saturated carbocycles. The lowest BCUT2D eigenvalue weighted by Crippen LogP contribution is -2.17. The van der Waals surface area contributed by atoms with Crippen molar-refractivity contribution in [2.24, 2.45) is 0 Å². The maximum atomic E-state index is 14.4. The highest BCUT2D eigenvalue weighted by molar-refractivity contribution is 7.91. The zero-order chi connectivity index (χ0) is 20.3. The minimum absolute atomic E-state index is 0.0898. The summed E-state index contributed by atoms with van der Waals surface area (Å²) in [6.07, 6.45) is 2.71. The number of H-pyrrole nitrogens is 1. The molecule has 8 nitrogen and oxygen atoms in total. The number of imidazole rings is 1.